The van der Waals surface area contributed by atoms with Gasteiger partial charge >= 0.3 is 0 Å². The molecule has 2 nitrogen and oxygen atoms in total. The lowest BCUT2D eigenvalue weighted by Crippen LogP contribution is -2.21. The summed E-state index contributed by atoms with van der Waals surface area (Å²) in [5.41, 5.74) is 8.65. The summed E-state index contributed by atoms with van der Waals surface area (Å²) in [4.78, 5) is 1.84. The van der Waals surface area contributed by atoms with Gasteiger partial charge in [-0.05, 0) is 58.6 Å². The molecule has 0 fully saturated rings. The number of halogens is 2. The lowest BCUT2D eigenvalue weighted by atomic mass is 10.0. The molecule has 0 amide bonds. The van der Waals surface area contributed by atoms with Crippen molar-refractivity contribution in [3.8, 4) is 0 Å². The molecular formula is C17H20BrFN2. The zero-order valence-electron chi connectivity index (χ0n) is 12.3. The Labute approximate surface area is 133 Å². The molecule has 0 aliphatic heterocycles. The van der Waals surface area contributed by atoms with Gasteiger partial charge < -0.3 is 10.6 Å². The smallest absolute Gasteiger partial charge is 0.146 e. The van der Waals surface area contributed by atoms with E-state index in [9.17, 15) is 4.39 Å². The second-order valence-electron chi connectivity index (χ2n) is 5.17. The van der Waals surface area contributed by atoms with Crippen LogP contribution in [0, 0.1) is 5.82 Å². The summed E-state index contributed by atoms with van der Waals surface area (Å²) in [6.07, 6.45) is 1.80. The number of nitrogens with two attached hydrogens (primary N) is 1. The van der Waals surface area contributed by atoms with E-state index >= 15 is 0 Å². The van der Waals surface area contributed by atoms with Crippen molar-refractivity contribution in [2.45, 2.75) is 25.8 Å². The van der Waals surface area contributed by atoms with Crippen molar-refractivity contribution >= 4 is 27.3 Å². The van der Waals surface area contributed by atoms with Crippen LogP contribution in [0.15, 0.2) is 46.9 Å². The van der Waals surface area contributed by atoms with Gasteiger partial charge in [-0.1, -0.05) is 25.1 Å². The predicted molar refractivity (Wildman–Crippen MR) is 90.6 cm³/mol. The molecule has 0 aliphatic carbocycles. The first-order chi connectivity index (χ1) is 10.0. The Morgan fingerprint density at radius 2 is 1.90 bits per heavy atom. The lowest BCUT2D eigenvalue weighted by Gasteiger charge is -2.22. The molecule has 0 radical (unpaired) electrons. The van der Waals surface area contributed by atoms with E-state index in [-0.39, 0.29) is 11.9 Å². The first-order valence-corrected chi connectivity index (χ1v) is 7.84. The van der Waals surface area contributed by atoms with E-state index in [0.717, 1.165) is 23.0 Å². The van der Waals surface area contributed by atoms with Gasteiger partial charge in [-0.2, -0.15) is 0 Å². The van der Waals surface area contributed by atoms with Crippen LogP contribution in [0.1, 0.15) is 18.9 Å². The summed E-state index contributed by atoms with van der Waals surface area (Å²) >= 11 is 3.58. The molecule has 2 aromatic carbocycles. The SMILES string of the molecule is CCC(N)Cc1ccc(N(C)c2ccccc2F)c(Br)c1. The average molecular weight is 351 g/mol. The van der Waals surface area contributed by atoms with E-state index in [4.69, 9.17) is 5.73 Å². The van der Waals surface area contributed by atoms with Crippen LogP contribution in [0.4, 0.5) is 15.8 Å². The third-order valence-corrected chi connectivity index (χ3v) is 4.24. The Morgan fingerprint density at radius 1 is 1.19 bits per heavy atom. The molecule has 2 aromatic rings. The standard InChI is InChI=1S/C17H20BrFN2/c1-3-13(20)10-12-8-9-16(14(18)11-12)21(2)17-7-5-4-6-15(17)19/h4-9,11,13H,3,10,20H2,1-2H3. The molecule has 4 heteroatoms. The second kappa shape index (κ2) is 7.05. The molecule has 0 aromatic heterocycles. The number of anilines is 2. The normalized spacial score (nSPS) is 12.2. The van der Waals surface area contributed by atoms with Gasteiger partial charge in [-0.15, -0.1) is 0 Å². The summed E-state index contributed by atoms with van der Waals surface area (Å²) in [5.74, 6) is -0.232. The summed E-state index contributed by atoms with van der Waals surface area (Å²) in [6, 6.07) is 13.0. The fraction of sp³-hybridized carbons (Fsp3) is 0.294. The minimum Gasteiger partial charge on any atom is -0.341 e. The molecule has 2 rings (SSSR count). The molecule has 21 heavy (non-hydrogen) atoms. The predicted octanol–water partition coefficient (Wildman–Crippen LogP) is 4.64. The Hall–Kier alpha value is -1.39. The number of hydrogen-bond donors (Lipinski definition) is 1. The molecule has 0 saturated carbocycles. The van der Waals surface area contributed by atoms with Gasteiger partial charge in [0.2, 0.25) is 0 Å². The van der Waals surface area contributed by atoms with Gasteiger partial charge in [0.25, 0.3) is 0 Å². The number of nitrogens with zero attached hydrogens (tertiary/aromatic N) is 1. The van der Waals surface area contributed by atoms with Crippen LogP contribution in [0.3, 0.4) is 0 Å². The molecule has 0 spiro atoms. The molecule has 112 valence electrons. The van der Waals surface area contributed by atoms with Crippen molar-refractivity contribution < 1.29 is 4.39 Å². The van der Waals surface area contributed by atoms with Gasteiger partial charge in [0.05, 0.1) is 11.4 Å². The average Bonchev–Trinajstić information content (AvgIpc) is 2.47. The minimum atomic E-state index is -0.232. The van der Waals surface area contributed by atoms with E-state index in [1.165, 1.54) is 11.6 Å². The summed E-state index contributed by atoms with van der Waals surface area (Å²) in [6.45, 7) is 2.08. The maximum atomic E-state index is 13.9. The second-order valence-corrected chi connectivity index (χ2v) is 6.02. The van der Waals surface area contributed by atoms with Crippen molar-refractivity contribution in [2.24, 2.45) is 5.73 Å². The van der Waals surface area contributed by atoms with E-state index in [1.54, 1.807) is 12.1 Å². The highest BCUT2D eigenvalue weighted by Gasteiger charge is 2.12. The minimum absolute atomic E-state index is 0.173. The van der Waals surface area contributed by atoms with Crippen molar-refractivity contribution in [1.29, 1.82) is 0 Å². The van der Waals surface area contributed by atoms with Gasteiger partial charge in [0.15, 0.2) is 0 Å². The molecule has 2 N–H and O–H groups in total. The van der Waals surface area contributed by atoms with Crippen molar-refractivity contribution in [2.75, 3.05) is 11.9 Å². The van der Waals surface area contributed by atoms with Crippen LogP contribution in [0.2, 0.25) is 0 Å². The molecule has 1 unspecified atom stereocenters. The molecule has 0 aliphatic rings. The zero-order chi connectivity index (χ0) is 15.4. The largest absolute Gasteiger partial charge is 0.341 e. The maximum Gasteiger partial charge on any atom is 0.146 e. The maximum absolute atomic E-state index is 13.9. The third kappa shape index (κ3) is 3.83. The van der Waals surface area contributed by atoms with Crippen molar-refractivity contribution in [3.05, 3.63) is 58.3 Å². The lowest BCUT2D eigenvalue weighted by molar-refractivity contribution is 0.627. The third-order valence-electron chi connectivity index (χ3n) is 3.61. The quantitative estimate of drug-likeness (QED) is 0.851. The van der Waals surface area contributed by atoms with Crippen molar-refractivity contribution in [1.82, 2.24) is 0 Å². The monoisotopic (exact) mass is 350 g/mol. The fourth-order valence-corrected chi connectivity index (χ4v) is 2.94. The summed E-state index contributed by atoms with van der Waals surface area (Å²) in [7, 11) is 1.86. The van der Waals surface area contributed by atoms with E-state index in [1.807, 2.05) is 30.1 Å². The Balaban J connectivity index is 2.27. The van der Waals surface area contributed by atoms with Crippen LogP contribution < -0.4 is 10.6 Å². The highest BCUT2D eigenvalue weighted by molar-refractivity contribution is 9.10. The van der Waals surface area contributed by atoms with Crippen molar-refractivity contribution in [3.63, 3.8) is 0 Å². The first kappa shape index (κ1) is 16.0. The molecule has 0 saturated heterocycles. The van der Waals surface area contributed by atoms with E-state index in [2.05, 4.69) is 28.9 Å². The Bertz CT molecular complexity index is 615. The zero-order valence-corrected chi connectivity index (χ0v) is 13.9. The molecule has 0 bridgehead atoms. The van der Waals surface area contributed by atoms with Crippen LogP contribution in [-0.2, 0) is 6.42 Å². The van der Waals surface area contributed by atoms with E-state index < -0.39 is 0 Å². The highest BCUT2D eigenvalue weighted by Crippen LogP contribution is 2.33. The Kier molecular flexibility index (Phi) is 5.37. The molecule has 0 heterocycles. The molecule has 1 atom stereocenters. The van der Waals surface area contributed by atoms with Gasteiger partial charge in [0, 0.05) is 17.6 Å². The number of para-hydroxylation sites is 1. The Morgan fingerprint density at radius 3 is 2.52 bits per heavy atom. The number of hydrogen-bond acceptors (Lipinski definition) is 2. The van der Waals surface area contributed by atoms with Gasteiger partial charge in [-0.3, -0.25) is 0 Å². The van der Waals surface area contributed by atoms with Crippen LogP contribution >= 0.6 is 15.9 Å². The van der Waals surface area contributed by atoms with Gasteiger partial charge in [0.1, 0.15) is 5.82 Å². The van der Waals surface area contributed by atoms with Gasteiger partial charge in [-0.25, -0.2) is 4.39 Å². The summed E-state index contributed by atoms with van der Waals surface area (Å²) in [5, 5.41) is 0. The molecular weight excluding hydrogens is 331 g/mol. The number of benzene rings is 2. The summed E-state index contributed by atoms with van der Waals surface area (Å²) < 4.78 is 14.8. The topological polar surface area (TPSA) is 29.3 Å². The van der Waals surface area contributed by atoms with Crippen LogP contribution in [-0.4, -0.2) is 13.1 Å². The first-order valence-electron chi connectivity index (χ1n) is 7.05. The fourth-order valence-electron chi connectivity index (χ4n) is 2.25. The van der Waals surface area contributed by atoms with E-state index in [0.29, 0.717) is 5.69 Å². The highest BCUT2D eigenvalue weighted by atomic mass is 79.9. The van der Waals surface area contributed by atoms with Crippen LogP contribution in [0.5, 0.6) is 0 Å². The van der Waals surface area contributed by atoms with Crippen LogP contribution in [0.25, 0.3) is 0 Å². The number of rotatable bonds is 5.